The van der Waals surface area contributed by atoms with E-state index in [1.54, 1.807) is 7.11 Å². The molecule has 1 heterocycles. The highest BCUT2D eigenvalue weighted by Crippen LogP contribution is 2.30. The molecule has 2 rings (SSSR count). The van der Waals surface area contributed by atoms with E-state index < -0.39 is 0 Å². The summed E-state index contributed by atoms with van der Waals surface area (Å²) in [6.07, 6.45) is 1.79. The third kappa shape index (κ3) is 1.68. The van der Waals surface area contributed by atoms with E-state index in [0.717, 1.165) is 24.3 Å². The number of ether oxygens (including phenoxy) is 2. The lowest BCUT2D eigenvalue weighted by Crippen LogP contribution is -2.25. The molecule has 1 aromatic carbocycles. The van der Waals surface area contributed by atoms with Gasteiger partial charge in [0.05, 0.1) is 13.7 Å². The Hall–Kier alpha value is -1.22. The summed E-state index contributed by atoms with van der Waals surface area (Å²) in [7, 11) is 1.63. The molecule has 0 unspecified atom stereocenters. The summed E-state index contributed by atoms with van der Waals surface area (Å²) in [6.45, 7) is 0.0800. The molecule has 1 aliphatic rings. The van der Waals surface area contributed by atoms with Crippen LogP contribution in [0.15, 0.2) is 18.2 Å². The summed E-state index contributed by atoms with van der Waals surface area (Å²) >= 11 is 0. The van der Waals surface area contributed by atoms with Gasteiger partial charge in [0, 0.05) is 6.07 Å². The molecule has 1 aliphatic heterocycles. The van der Waals surface area contributed by atoms with Crippen molar-refractivity contribution in [1.82, 2.24) is 0 Å². The second-order valence-corrected chi connectivity index (χ2v) is 3.43. The van der Waals surface area contributed by atoms with Gasteiger partial charge in [-0.15, -0.1) is 0 Å². The van der Waals surface area contributed by atoms with Gasteiger partial charge in [0.2, 0.25) is 0 Å². The number of rotatable bonds is 2. The van der Waals surface area contributed by atoms with Crippen LogP contribution >= 0.6 is 0 Å². The zero-order valence-electron chi connectivity index (χ0n) is 8.19. The van der Waals surface area contributed by atoms with Crippen LogP contribution < -0.4 is 9.47 Å². The Kier molecular flexibility index (Phi) is 2.59. The Labute approximate surface area is 83.3 Å². The Morgan fingerprint density at radius 1 is 1.57 bits per heavy atom. The van der Waals surface area contributed by atoms with E-state index in [1.165, 1.54) is 5.56 Å². The molecule has 0 bridgehead atoms. The number of aryl methyl sites for hydroxylation is 1. The normalized spacial score (nSPS) is 19.7. The Morgan fingerprint density at radius 2 is 2.43 bits per heavy atom. The lowest BCUT2D eigenvalue weighted by atomic mass is 10.0. The number of aliphatic hydroxyl groups excluding tert-OH is 1. The van der Waals surface area contributed by atoms with Crippen molar-refractivity contribution < 1.29 is 14.6 Å². The summed E-state index contributed by atoms with van der Waals surface area (Å²) in [5.74, 6) is 1.64. The van der Waals surface area contributed by atoms with Gasteiger partial charge < -0.3 is 14.6 Å². The summed E-state index contributed by atoms with van der Waals surface area (Å²) in [4.78, 5) is 0. The Bertz CT molecular complexity index is 322. The van der Waals surface area contributed by atoms with E-state index in [9.17, 15) is 0 Å². The third-order valence-corrected chi connectivity index (χ3v) is 2.51. The quantitative estimate of drug-likeness (QED) is 0.773. The fourth-order valence-corrected chi connectivity index (χ4v) is 1.66. The molecule has 1 N–H and O–H groups in total. The topological polar surface area (TPSA) is 38.7 Å². The van der Waals surface area contributed by atoms with Crippen LogP contribution in [-0.2, 0) is 6.42 Å². The number of hydrogen-bond donors (Lipinski definition) is 1. The first kappa shape index (κ1) is 9.34. The number of benzene rings is 1. The zero-order chi connectivity index (χ0) is 9.97. The molecule has 0 saturated heterocycles. The maximum absolute atomic E-state index is 8.99. The van der Waals surface area contributed by atoms with E-state index in [2.05, 4.69) is 0 Å². The number of aliphatic hydroxyl groups is 1. The highest BCUT2D eigenvalue weighted by atomic mass is 16.5. The van der Waals surface area contributed by atoms with Gasteiger partial charge in [-0.1, -0.05) is 6.07 Å². The number of hydrogen-bond acceptors (Lipinski definition) is 3. The molecule has 3 nitrogen and oxygen atoms in total. The van der Waals surface area contributed by atoms with Crippen molar-refractivity contribution in [2.45, 2.75) is 18.9 Å². The molecule has 0 fully saturated rings. The van der Waals surface area contributed by atoms with Gasteiger partial charge in [-0.25, -0.2) is 0 Å². The molecule has 0 aliphatic carbocycles. The van der Waals surface area contributed by atoms with Gasteiger partial charge in [0.1, 0.15) is 17.6 Å². The lowest BCUT2D eigenvalue weighted by Gasteiger charge is -2.24. The summed E-state index contributed by atoms with van der Waals surface area (Å²) < 4.78 is 10.7. The van der Waals surface area contributed by atoms with Crippen LogP contribution in [-0.4, -0.2) is 24.9 Å². The summed E-state index contributed by atoms with van der Waals surface area (Å²) in [6, 6.07) is 5.82. The average molecular weight is 194 g/mol. The molecule has 3 heteroatoms. The SMILES string of the molecule is COc1ccc2c(c1)O[C@H](CO)CC2. The predicted molar refractivity (Wildman–Crippen MR) is 52.8 cm³/mol. The van der Waals surface area contributed by atoms with Crippen LogP contribution in [0.25, 0.3) is 0 Å². The highest BCUT2D eigenvalue weighted by molar-refractivity contribution is 5.42. The first-order valence-electron chi connectivity index (χ1n) is 4.78. The fraction of sp³-hybridized carbons (Fsp3) is 0.455. The van der Waals surface area contributed by atoms with Crippen molar-refractivity contribution in [3.8, 4) is 11.5 Å². The molecule has 0 radical (unpaired) electrons. The first-order valence-corrected chi connectivity index (χ1v) is 4.78. The van der Waals surface area contributed by atoms with E-state index in [4.69, 9.17) is 14.6 Å². The molecule has 0 saturated carbocycles. The Morgan fingerprint density at radius 3 is 3.14 bits per heavy atom. The van der Waals surface area contributed by atoms with Gasteiger partial charge >= 0.3 is 0 Å². The lowest BCUT2D eigenvalue weighted by molar-refractivity contribution is 0.0975. The minimum atomic E-state index is -0.0605. The van der Waals surface area contributed by atoms with E-state index in [-0.39, 0.29) is 12.7 Å². The number of methoxy groups -OCH3 is 1. The average Bonchev–Trinajstić information content (AvgIpc) is 2.27. The van der Waals surface area contributed by atoms with E-state index in [0.29, 0.717) is 0 Å². The number of fused-ring (bicyclic) bond motifs is 1. The molecular weight excluding hydrogens is 180 g/mol. The van der Waals surface area contributed by atoms with Gasteiger partial charge in [-0.2, -0.15) is 0 Å². The second kappa shape index (κ2) is 3.88. The fourth-order valence-electron chi connectivity index (χ4n) is 1.66. The zero-order valence-corrected chi connectivity index (χ0v) is 8.19. The molecule has 14 heavy (non-hydrogen) atoms. The minimum absolute atomic E-state index is 0.0605. The van der Waals surface area contributed by atoms with Crippen molar-refractivity contribution in [2.24, 2.45) is 0 Å². The maximum atomic E-state index is 8.99. The molecule has 0 spiro atoms. The van der Waals surface area contributed by atoms with Gasteiger partial charge in [0.15, 0.2) is 0 Å². The van der Waals surface area contributed by atoms with E-state index >= 15 is 0 Å². The molecule has 0 amide bonds. The largest absolute Gasteiger partial charge is 0.497 e. The monoisotopic (exact) mass is 194 g/mol. The minimum Gasteiger partial charge on any atom is -0.497 e. The predicted octanol–water partition coefficient (Wildman–Crippen LogP) is 1.38. The molecule has 1 atom stereocenters. The van der Waals surface area contributed by atoms with Gasteiger partial charge in [0.25, 0.3) is 0 Å². The van der Waals surface area contributed by atoms with Crippen LogP contribution in [0.3, 0.4) is 0 Å². The highest BCUT2D eigenvalue weighted by Gasteiger charge is 2.19. The van der Waals surface area contributed by atoms with Crippen LogP contribution in [0.2, 0.25) is 0 Å². The van der Waals surface area contributed by atoms with Crippen LogP contribution in [0.1, 0.15) is 12.0 Å². The van der Waals surface area contributed by atoms with Crippen LogP contribution in [0.5, 0.6) is 11.5 Å². The molecule has 76 valence electrons. The smallest absolute Gasteiger partial charge is 0.126 e. The summed E-state index contributed by atoms with van der Waals surface area (Å²) in [5.41, 5.74) is 1.19. The van der Waals surface area contributed by atoms with Crippen molar-refractivity contribution in [3.05, 3.63) is 23.8 Å². The first-order chi connectivity index (χ1) is 6.83. The van der Waals surface area contributed by atoms with Gasteiger partial charge in [-0.3, -0.25) is 0 Å². The van der Waals surface area contributed by atoms with E-state index in [1.807, 2.05) is 18.2 Å². The van der Waals surface area contributed by atoms with Crippen LogP contribution in [0.4, 0.5) is 0 Å². The van der Waals surface area contributed by atoms with Crippen molar-refractivity contribution in [1.29, 1.82) is 0 Å². The standard InChI is InChI=1S/C11H14O3/c1-13-9-4-2-8-3-5-10(7-12)14-11(8)6-9/h2,4,6,10,12H,3,5,7H2,1H3/t10-/m0/s1. The third-order valence-electron chi connectivity index (χ3n) is 2.51. The summed E-state index contributed by atoms with van der Waals surface area (Å²) in [5, 5.41) is 8.99. The molecule has 0 aromatic heterocycles. The molecule has 1 aromatic rings. The Balaban J connectivity index is 2.25. The van der Waals surface area contributed by atoms with Crippen molar-refractivity contribution >= 4 is 0 Å². The molecular formula is C11H14O3. The maximum Gasteiger partial charge on any atom is 0.126 e. The van der Waals surface area contributed by atoms with Crippen molar-refractivity contribution in [3.63, 3.8) is 0 Å². The second-order valence-electron chi connectivity index (χ2n) is 3.43. The van der Waals surface area contributed by atoms with Crippen LogP contribution in [0, 0.1) is 0 Å². The van der Waals surface area contributed by atoms with Crippen molar-refractivity contribution in [2.75, 3.05) is 13.7 Å². The van der Waals surface area contributed by atoms with Gasteiger partial charge in [-0.05, 0) is 24.5 Å².